The van der Waals surface area contributed by atoms with Crippen molar-refractivity contribution in [2.24, 2.45) is 5.73 Å². The number of nitrogens with two attached hydrogens (primary N) is 1. The second-order valence-corrected chi connectivity index (χ2v) is 7.73. The Morgan fingerprint density at radius 1 is 1.11 bits per heavy atom. The fourth-order valence-corrected chi connectivity index (χ4v) is 4.65. The van der Waals surface area contributed by atoms with Gasteiger partial charge in [-0.1, -0.05) is 26.7 Å². The van der Waals surface area contributed by atoms with Crippen LogP contribution in [0.25, 0.3) is 0 Å². The van der Waals surface area contributed by atoms with E-state index < -0.39 is 21.6 Å². The molecule has 18 heavy (non-hydrogen) atoms. The van der Waals surface area contributed by atoms with Crippen LogP contribution in [0.4, 0.5) is 0 Å². The summed E-state index contributed by atoms with van der Waals surface area (Å²) in [5.74, 6) is 0. The Morgan fingerprint density at radius 3 is 1.61 bits per heavy atom. The molecule has 0 aliphatic heterocycles. The van der Waals surface area contributed by atoms with E-state index in [-0.39, 0.29) is 15.9 Å². The number of hydrogen-bond donors (Lipinski definition) is 1. The Labute approximate surface area is 121 Å². The van der Waals surface area contributed by atoms with Crippen molar-refractivity contribution >= 4 is 38.9 Å². The van der Waals surface area contributed by atoms with Gasteiger partial charge in [-0.25, -0.2) is 0 Å². The van der Waals surface area contributed by atoms with E-state index in [1.807, 2.05) is 13.8 Å². The van der Waals surface area contributed by atoms with Crippen LogP contribution >= 0.6 is 12.2 Å². The topological polar surface area (TPSA) is 63.4 Å². The molecule has 0 radical (unpaired) electrons. The van der Waals surface area contributed by atoms with E-state index in [1.165, 1.54) is 0 Å². The summed E-state index contributed by atoms with van der Waals surface area (Å²) in [4.78, 5) is 1.73. The monoisotopic (exact) mass is 312 g/mol. The van der Waals surface area contributed by atoms with Crippen LogP contribution < -0.4 is 5.73 Å². The fourth-order valence-electron chi connectivity index (χ4n) is 1.89. The van der Waals surface area contributed by atoms with Gasteiger partial charge in [-0.2, -0.15) is 0 Å². The van der Waals surface area contributed by atoms with E-state index in [0.717, 1.165) is 25.7 Å². The average Bonchev–Trinajstić information content (AvgIpc) is 2.26. The third-order valence-corrected chi connectivity index (χ3v) is 5.38. The first-order valence-electron chi connectivity index (χ1n) is 6.08. The van der Waals surface area contributed by atoms with E-state index in [4.69, 9.17) is 18.0 Å². The first-order chi connectivity index (χ1) is 8.36. The highest BCUT2D eigenvalue weighted by atomic mass is 32.2. The summed E-state index contributed by atoms with van der Waals surface area (Å²) < 4.78 is 23.7. The molecule has 0 rings (SSSR count). The van der Waals surface area contributed by atoms with Gasteiger partial charge in [0.15, 0.2) is 5.11 Å². The van der Waals surface area contributed by atoms with Gasteiger partial charge < -0.3 is 10.6 Å². The lowest BCUT2D eigenvalue weighted by Gasteiger charge is -2.36. The van der Waals surface area contributed by atoms with Crippen molar-refractivity contribution in [3.63, 3.8) is 0 Å². The zero-order valence-corrected chi connectivity index (χ0v) is 14.0. The van der Waals surface area contributed by atoms with Gasteiger partial charge in [0.05, 0.1) is 0 Å². The molecule has 0 aromatic rings. The van der Waals surface area contributed by atoms with Crippen molar-refractivity contribution in [1.29, 1.82) is 0 Å². The maximum atomic E-state index is 11.9. The molecule has 0 saturated heterocycles. The van der Waals surface area contributed by atoms with Gasteiger partial charge in [-0.3, -0.25) is 8.42 Å². The normalized spacial score (nSPS) is 17.8. The summed E-state index contributed by atoms with van der Waals surface area (Å²) in [5.41, 5.74) is 5.76. The van der Waals surface area contributed by atoms with Crippen molar-refractivity contribution in [1.82, 2.24) is 4.90 Å². The first-order valence-corrected chi connectivity index (χ1v) is 9.74. The minimum absolute atomic E-state index is 0.192. The molecule has 0 saturated carbocycles. The molecular formula is C11H24N2O2S3. The van der Waals surface area contributed by atoms with Crippen LogP contribution in [0.1, 0.15) is 39.5 Å². The third kappa shape index (κ3) is 5.32. The van der Waals surface area contributed by atoms with E-state index in [1.54, 1.807) is 17.4 Å². The largest absolute Gasteiger partial charge is 0.376 e. The van der Waals surface area contributed by atoms with Crippen molar-refractivity contribution < 1.29 is 8.42 Å². The van der Waals surface area contributed by atoms with Crippen molar-refractivity contribution in [2.75, 3.05) is 12.5 Å². The molecule has 0 bridgehead atoms. The molecule has 0 aromatic heterocycles. The van der Waals surface area contributed by atoms with Crippen molar-refractivity contribution in [3.8, 4) is 0 Å². The predicted octanol–water partition coefficient (Wildman–Crippen LogP) is 1.54. The lowest BCUT2D eigenvalue weighted by atomic mass is 10.2. The summed E-state index contributed by atoms with van der Waals surface area (Å²) in [7, 11) is -2.14. The predicted molar refractivity (Wildman–Crippen MR) is 84.1 cm³/mol. The zero-order valence-electron chi connectivity index (χ0n) is 11.5. The third-order valence-electron chi connectivity index (χ3n) is 2.71. The van der Waals surface area contributed by atoms with E-state index >= 15 is 0 Å². The summed E-state index contributed by atoms with van der Waals surface area (Å²) in [6.07, 6.45) is 6.53. The highest BCUT2D eigenvalue weighted by Gasteiger charge is 2.31. The van der Waals surface area contributed by atoms with E-state index in [0.29, 0.717) is 0 Å². The minimum atomic E-state index is -1.07. The molecule has 7 heteroatoms. The standard InChI is InChI=1S/C11H24N2O2S3/c1-5-7-9(17(3)14)13(11(12)16)10(8-6-2)18(4)15/h9-10H,5-8H2,1-4H3,(H2,12,16). The molecule has 0 amide bonds. The van der Waals surface area contributed by atoms with E-state index in [9.17, 15) is 8.42 Å². The molecular weight excluding hydrogens is 288 g/mol. The molecule has 4 nitrogen and oxygen atoms in total. The Morgan fingerprint density at radius 2 is 1.44 bits per heavy atom. The summed E-state index contributed by atoms with van der Waals surface area (Å²) in [5, 5.41) is -0.293. The van der Waals surface area contributed by atoms with Gasteiger partial charge in [0.2, 0.25) is 0 Å². The Balaban J connectivity index is 5.28. The van der Waals surface area contributed by atoms with Gasteiger partial charge in [0, 0.05) is 34.1 Å². The van der Waals surface area contributed by atoms with Crippen LogP contribution in [0, 0.1) is 0 Å². The van der Waals surface area contributed by atoms with Gasteiger partial charge in [-0.05, 0) is 25.1 Å². The molecule has 0 fully saturated rings. The quantitative estimate of drug-likeness (QED) is 0.689. The summed E-state index contributed by atoms with van der Waals surface area (Å²) in [6.45, 7) is 4.05. The highest BCUT2D eigenvalue weighted by molar-refractivity contribution is 7.86. The maximum Gasteiger partial charge on any atom is 0.168 e. The molecule has 0 spiro atoms. The summed E-state index contributed by atoms with van der Waals surface area (Å²) >= 11 is 5.07. The second-order valence-electron chi connectivity index (χ2n) is 4.23. The molecule has 108 valence electrons. The van der Waals surface area contributed by atoms with Crippen molar-refractivity contribution in [3.05, 3.63) is 0 Å². The Kier molecular flexibility index (Phi) is 8.98. The van der Waals surface area contributed by atoms with Crippen LogP contribution in [-0.2, 0) is 21.6 Å². The SMILES string of the molecule is CCCC(N(C(N)=S)C(CCC)S(C)=O)S(C)=O. The lowest BCUT2D eigenvalue weighted by molar-refractivity contribution is 0.334. The molecule has 0 aliphatic rings. The number of nitrogens with zero attached hydrogens (tertiary/aromatic N) is 1. The molecule has 4 unspecified atom stereocenters. The second kappa shape index (κ2) is 8.98. The first kappa shape index (κ1) is 18.0. The van der Waals surface area contributed by atoms with E-state index in [2.05, 4.69) is 0 Å². The molecule has 0 heterocycles. The van der Waals surface area contributed by atoms with Gasteiger partial charge in [-0.15, -0.1) is 0 Å². The number of hydrogen-bond acceptors (Lipinski definition) is 3. The summed E-state index contributed by atoms with van der Waals surface area (Å²) in [6, 6.07) is 0. The highest BCUT2D eigenvalue weighted by Crippen LogP contribution is 2.19. The van der Waals surface area contributed by atoms with Gasteiger partial charge >= 0.3 is 0 Å². The minimum Gasteiger partial charge on any atom is -0.376 e. The fraction of sp³-hybridized carbons (Fsp3) is 0.909. The van der Waals surface area contributed by atoms with Crippen LogP contribution in [0.5, 0.6) is 0 Å². The van der Waals surface area contributed by atoms with Gasteiger partial charge in [0.25, 0.3) is 0 Å². The maximum absolute atomic E-state index is 11.9. The van der Waals surface area contributed by atoms with Crippen LogP contribution in [-0.4, -0.2) is 41.7 Å². The molecule has 4 atom stereocenters. The average molecular weight is 313 g/mol. The van der Waals surface area contributed by atoms with Crippen LogP contribution in [0.2, 0.25) is 0 Å². The molecule has 2 N–H and O–H groups in total. The van der Waals surface area contributed by atoms with Crippen LogP contribution in [0.3, 0.4) is 0 Å². The Bertz CT molecular complexity index is 299. The number of thiocarbonyl (C=S) groups is 1. The Hall–Kier alpha value is -0.0100. The van der Waals surface area contributed by atoms with Crippen molar-refractivity contribution in [2.45, 2.75) is 50.3 Å². The van der Waals surface area contributed by atoms with Gasteiger partial charge in [0.1, 0.15) is 10.7 Å². The van der Waals surface area contributed by atoms with Crippen LogP contribution in [0.15, 0.2) is 0 Å². The zero-order chi connectivity index (χ0) is 14.3. The molecule has 0 aliphatic carbocycles. The molecule has 0 aromatic carbocycles. The number of rotatable bonds is 8. The lowest BCUT2D eigenvalue weighted by Crippen LogP contribution is -2.52. The smallest absolute Gasteiger partial charge is 0.168 e.